The van der Waals surface area contributed by atoms with Gasteiger partial charge in [0.2, 0.25) is 0 Å². The zero-order chi connectivity index (χ0) is 8.27. The second-order valence-electron chi connectivity index (χ2n) is 2.88. The monoisotopic (exact) mass is 164 g/mol. The van der Waals surface area contributed by atoms with E-state index in [-0.39, 0.29) is 19.1 Å². The molecule has 1 aromatic rings. The Labute approximate surface area is 74.4 Å². The van der Waals surface area contributed by atoms with Crippen molar-refractivity contribution in [3.8, 4) is 0 Å². The van der Waals surface area contributed by atoms with E-state index in [1.165, 1.54) is 0 Å². The Kier molecular flexibility index (Phi) is 4.27. The Balaban J connectivity index is 0.00000121. The lowest BCUT2D eigenvalue weighted by Gasteiger charge is -2.01. The minimum Gasteiger partial charge on any atom is -0.294 e. The molecule has 1 aromatic carbocycles. The number of carbonyl (C=O) groups is 1. The predicted octanol–water partition coefficient (Wildman–Crippen LogP) is 3.16. The molecule has 0 aliphatic rings. The number of benzene rings is 1. The summed E-state index contributed by atoms with van der Waals surface area (Å²) >= 11 is 0. The van der Waals surface area contributed by atoms with Crippen LogP contribution in [0, 0.1) is 5.92 Å². The van der Waals surface area contributed by atoms with Crippen molar-refractivity contribution in [2.75, 3.05) is 0 Å². The Hall–Kier alpha value is -1.11. The largest absolute Gasteiger partial charge is 0.294 e. The summed E-state index contributed by atoms with van der Waals surface area (Å²) in [5.74, 6) is 0.308. The maximum Gasteiger partial charge on any atom is 0.165 e. The average molecular weight is 164 g/mol. The summed E-state index contributed by atoms with van der Waals surface area (Å²) in [5, 5.41) is 0. The number of ketones is 1. The van der Waals surface area contributed by atoms with Crippen LogP contribution in [0.5, 0.6) is 0 Å². The van der Waals surface area contributed by atoms with E-state index in [0.717, 1.165) is 5.56 Å². The lowest BCUT2D eigenvalue weighted by Crippen LogP contribution is -2.06. The van der Waals surface area contributed by atoms with E-state index in [4.69, 9.17) is 0 Å². The van der Waals surface area contributed by atoms with Gasteiger partial charge in [-0.1, -0.05) is 51.6 Å². The van der Waals surface area contributed by atoms with Crippen molar-refractivity contribution in [3.05, 3.63) is 35.9 Å². The second kappa shape index (κ2) is 4.70. The third-order valence-electron chi connectivity index (χ3n) is 1.58. The highest BCUT2D eigenvalue weighted by Gasteiger charge is 2.08. The predicted molar refractivity (Wildman–Crippen MR) is 52.3 cm³/mol. The molecular formula is C11H16O. The Bertz CT molecular complexity index is 236. The van der Waals surface area contributed by atoms with Crippen molar-refractivity contribution in [1.82, 2.24) is 0 Å². The van der Waals surface area contributed by atoms with Gasteiger partial charge in [0.05, 0.1) is 0 Å². The van der Waals surface area contributed by atoms with E-state index in [1.807, 2.05) is 44.2 Å². The first-order valence-corrected chi connectivity index (χ1v) is 3.81. The number of Topliss-reactive ketones (excluding diaryl/α,β-unsaturated/α-hetero) is 1. The van der Waals surface area contributed by atoms with E-state index < -0.39 is 0 Å². The molecule has 0 saturated heterocycles. The first-order chi connectivity index (χ1) is 5.22. The fourth-order valence-corrected chi connectivity index (χ4v) is 0.936. The van der Waals surface area contributed by atoms with Gasteiger partial charge in [-0.15, -0.1) is 0 Å². The summed E-state index contributed by atoms with van der Waals surface area (Å²) in [6, 6.07) is 9.38. The van der Waals surface area contributed by atoms with Gasteiger partial charge in [0.1, 0.15) is 0 Å². The SMILES string of the molecule is C.CC(C)C(=O)c1ccccc1. The van der Waals surface area contributed by atoms with Gasteiger partial charge < -0.3 is 0 Å². The van der Waals surface area contributed by atoms with Crippen molar-refractivity contribution in [2.24, 2.45) is 5.92 Å². The van der Waals surface area contributed by atoms with Gasteiger partial charge in [-0.3, -0.25) is 4.79 Å². The quantitative estimate of drug-likeness (QED) is 0.613. The third kappa shape index (κ3) is 2.50. The Morgan fingerprint density at radius 2 is 1.67 bits per heavy atom. The fourth-order valence-electron chi connectivity index (χ4n) is 0.936. The van der Waals surface area contributed by atoms with Gasteiger partial charge in [-0.2, -0.15) is 0 Å². The zero-order valence-corrected chi connectivity index (χ0v) is 6.87. The molecule has 1 rings (SSSR count). The first-order valence-electron chi connectivity index (χ1n) is 3.81. The van der Waals surface area contributed by atoms with E-state index in [0.29, 0.717) is 0 Å². The van der Waals surface area contributed by atoms with Gasteiger partial charge in [0, 0.05) is 11.5 Å². The molecule has 0 saturated carbocycles. The van der Waals surface area contributed by atoms with Crippen LogP contribution in [0.4, 0.5) is 0 Å². The number of hydrogen-bond donors (Lipinski definition) is 0. The molecule has 0 aliphatic heterocycles. The van der Waals surface area contributed by atoms with Gasteiger partial charge in [-0.25, -0.2) is 0 Å². The number of hydrogen-bond acceptors (Lipinski definition) is 1. The van der Waals surface area contributed by atoms with E-state index in [9.17, 15) is 4.79 Å². The van der Waals surface area contributed by atoms with Crippen LogP contribution in [-0.4, -0.2) is 5.78 Å². The highest BCUT2D eigenvalue weighted by Crippen LogP contribution is 2.06. The molecule has 0 amide bonds. The van der Waals surface area contributed by atoms with E-state index in [1.54, 1.807) is 0 Å². The Morgan fingerprint density at radius 1 is 1.17 bits per heavy atom. The average Bonchev–Trinajstić information content (AvgIpc) is 2.05. The molecule has 0 aromatic heterocycles. The second-order valence-corrected chi connectivity index (χ2v) is 2.88. The first kappa shape index (κ1) is 10.9. The standard InChI is InChI=1S/C10H12O.CH4/c1-8(2)10(11)9-6-4-3-5-7-9;/h3-8H,1-2H3;1H4. The van der Waals surface area contributed by atoms with Crippen molar-refractivity contribution < 1.29 is 4.79 Å². The van der Waals surface area contributed by atoms with Crippen molar-refractivity contribution >= 4 is 5.78 Å². The summed E-state index contributed by atoms with van der Waals surface area (Å²) in [6.45, 7) is 3.82. The van der Waals surface area contributed by atoms with Crippen LogP contribution in [0.2, 0.25) is 0 Å². The van der Waals surface area contributed by atoms with Crippen LogP contribution < -0.4 is 0 Å². The molecule has 1 heteroatoms. The third-order valence-corrected chi connectivity index (χ3v) is 1.58. The summed E-state index contributed by atoms with van der Waals surface area (Å²) in [7, 11) is 0. The molecule has 0 heterocycles. The summed E-state index contributed by atoms with van der Waals surface area (Å²) < 4.78 is 0. The maximum atomic E-state index is 11.3. The molecular weight excluding hydrogens is 148 g/mol. The van der Waals surface area contributed by atoms with Crippen LogP contribution in [0.3, 0.4) is 0 Å². The highest BCUT2D eigenvalue weighted by atomic mass is 16.1. The molecule has 0 fully saturated rings. The normalized spacial score (nSPS) is 9.25. The van der Waals surface area contributed by atoms with Crippen LogP contribution in [0.25, 0.3) is 0 Å². The number of carbonyl (C=O) groups excluding carboxylic acids is 1. The summed E-state index contributed by atoms with van der Waals surface area (Å²) in [6.07, 6.45) is 0. The van der Waals surface area contributed by atoms with Crippen LogP contribution in [0.1, 0.15) is 31.6 Å². The van der Waals surface area contributed by atoms with E-state index in [2.05, 4.69) is 0 Å². The smallest absolute Gasteiger partial charge is 0.165 e. The van der Waals surface area contributed by atoms with Crippen molar-refractivity contribution in [3.63, 3.8) is 0 Å². The maximum absolute atomic E-state index is 11.3. The Morgan fingerprint density at radius 3 is 2.08 bits per heavy atom. The van der Waals surface area contributed by atoms with Gasteiger partial charge in [0.15, 0.2) is 5.78 Å². The van der Waals surface area contributed by atoms with Crippen molar-refractivity contribution in [1.29, 1.82) is 0 Å². The molecule has 0 atom stereocenters. The minimum atomic E-state index is 0. The molecule has 0 unspecified atom stereocenters. The minimum absolute atomic E-state index is 0. The molecule has 0 N–H and O–H groups in total. The summed E-state index contributed by atoms with van der Waals surface area (Å²) in [4.78, 5) is 11.3. The van der Waals surface area contributed by atoms with Gasteiger partial charge in [-0.05, 0) is 0 Å². The summed E-state index contributed by atoms with van der Waals surface area (Å²) in [5.41, 5.74) is 0.808. The zero-order valence-electron chi connectivity index (χ0n) is 6.87. The van der Waals surface area contributed by atoms with Gasteiger partial charge in [0.25, 0.3) is 0 Å². The number of rotatable bonds is 2. The fraction of sp³-hybridized carbons (Fsp3) is 0.364. The van der Waals surface area contributed by atoms with Crippen LogP contribution in [-0.2, 0) is 0 Å². The molecule has 1 nitrogen and oxygen atoms in total. The van der Waals surface area contributed by atoms with Crippen LogP contribution >= 0.6 is 0 Å². The molecule has 0 spiro atoms. The molecule has 0 bridgehead atoms. The molecule has 0 aliphatic carbocycles. The molecule has 0 radical (unpaired) electrons. The van der Waals surface area contributed by atoms with E-state index >= 15 is 0 Å². The lowest BCUT2D eigenvalue weighted by atomic mass is 10.0. The van der Waals surface area contributed by atoms with Gasteiger partial charge >= 0.3 is 0 Å². The highest BCUT2D eigenvalue weighted by molar-refractivity contribution is 5.97. The molecule has 12 heavy (non-hydrogen) atoms. The lowest BCUT2D eigenvalue weighted by molar-refractivity contribution is 0.0939. The van der Waals surface area contributed by atoms with Crippen molar-refractivity contribution in [2.45, 2.75) is 21.3 Å². The van der Waals surface area contributed by atoms with Crippen LogP contribution in [0.15, 0.2) is 30.3 Å². The topological polar surface area (TPSA) is 17.1 Å². The molecule has 66 valence electrons.